The zero-order valence-corrected chi connectivity index (χ0v) is 14.0. The Morgan fingerprint density at radius 3 is 2.52 bits per heavy atom. The summed E-state index contributed by atoms with van der Waals surface area (Å²) in [6.07, 6.45) is 0. The molecule has 0 unspecified atom stereocenters. The Balaban J connectivity index is 2.03. The van der Waals surface area contributed by atoms with Gasteiger partial charge in [0.25, 0.3) is 0 Å². The van der Waals surface area contributed by atoms with Gasteiger partial charge in [0.1, 0.15) is 5.76 Å². The molecular formula is C15H18BrN3O2. The van der Waals surface area contributed by atoms with Gasteiger partial charge in [-0.15, -0.1) is 0 Å². The summed E-state index contributed by atoms with van der Waals surface area (Å²) in [6, 6.07) is 7.02. The average molecular weight is 352 g/mol. The number of nitrogens with one attached hydrogen (secondary N) is 2. The highest BCUT2D eigenvalue weighted by atomic mass is 79.9. The topological polar surface area (TPSA) is 67.2 Å². The summed E-state index contributed by atoms with van der Waals surface area (Å²) in [4.78, 5) is 12.0. The molecule has 1 heterocycles. The maximum atomic E-state index is 12.0. The van der Waals surface area contributed by atoms with Gasteiger partial charge in [0.05, 0.1) is 0 Å². The maximum absolute atomic E-state index is 12.0. The fourth-order valence-corrected chi connectivity index (χ4v) is 2.20. The molecule has 0 radical (unpaired) electrons. The number of urea groups is 1. The number of aromatic nitrogens is 1. The summed E-state index contributed by atoms with van der Waals surface area (Å²) in [7, 11) is 0. The van der Waals surface area contributed by atoms with Gasteiger partial charge in [-0.1, -0.05) is 41.9 Å². The van der Waals surface area contributed by atoms with Crippen LogP contribution >= 0.6 is 15.9 Å². The molecule has 2 aromatic rings. The van der Waals surface area contributed by atoms with E-state index in [4.69, 9.17) is 4.52 Å². The Kier molecular flexibility index (Phi) is 4.37. The molecule has 0 saturated heterocycles. The van der Waals surface area contributed by atoms with Crippen LogP contribution in [0.2, 0.25) is 0 Å². The number of anilines is 2. The van der Waals surface area contributed by atoms with Crippen molar-refractivity contribution in [3.8, 4) is 0 Å². The van der Waals surface area contributed by atoms with E-state index in [0.29, 0.717) is 5.82 Å². The van der Waals surface area contributed by atoms with E-state index < -0.39 is 0 Å². The van der Waals surface area contributed by atoms with Crippen molar-refractivity contribution < 1.29 is 9.32 Å². The quantitative estimate of drug-likeness (QED) is 0.824. The molecule has 0 atom stereocenters. The third kappa shape index (κ3) is 4.07. The van der Waals surface area contributed by atoms with Crippen molar-refractivity contribution in [2.45, 2.75) is 33.1 Å². The molecule has 0 aliphatic rings. The second kappa shape index (κ2) is 5.89. The van der Waals surface area contributed by atoms with Gasteiger partial charge in [0.15, 0.2) is 5.82 Å². The molecule has 0 saturated carbocycles. The first kappa shape index (κ1) is 15.6. The molecule has 0 aliphatic carbocycles. The Hall–Kier alpha value is -1.82. The van der Waals surface area contributed by atoms with Crippen molar-refractivity contribution >= 4 is 33.5 Å². The maximum Gasteiger partial charge on any atom is 0.324 e. The van der Waals surface area contributed by atoms with E-state index >= 15 is 0 Å². The Morgan fingerprint density at radius 2 is 1.95 bits per heavy atom. The minimum absolute atomic E-state index is 0.147. The van der Waals surface area contributed by atoms with Crippen molar-refractivity contribution in [3.05, 3.63) is 40.1 Å². The third-order valence-electron chi connectivity index (χ3n) is 2.93. The summed E-state index contributed by atoms with van der Waals surface area (Å²) in [5.41, 5.74) is 1.57. The van der Waals surface area contributed by atoms with Crippen LogP contribution in [0.25, 0.3) is 0 Å². The van der Waals surface area contributed by atoms with Crippen molar-refractivity contribution in [1.29, 1.82) is 0 Å². The standard InChI is InChI=1S/C15H18BrN3O2/c1-9-7-10(16)5-6-11(9)17-14(20)18-13-8-12(21-19-13)15(2,3)4/h5-8H,1-4H3,(H2,17,18,19,20). The molecule has 21 heavy (non-hydrogen) atoms. The van der Waals surface area contributed by atoms with Crippen LogP contribution in [-0.4, -0.2) is 11.2 Å². The number of halogens is 1. The molecule has 1 aromatic heterocycles. The number of nitrogens with zero attached hydrogens (tertiary/aromatic N) is 1. The minimum Gasteiger partial charge on any atom is -0.359 e. The fraction of sp³-hybridized carbons (Fsp3) is 0.333. The largest absolute Gasteiger partial charge is 0.359 e. The van der Waals surface area contributed by atoms with Crippen LogP contribution in [0.3, 0.4) is 0 Å². The lowest BCUT2D eigenvalue weighted by Gasteiger charge is -2.12. The van der Waals surface area contributed by atoms with E-state index in [1.807, 2.05) is 45.9 Å². The van der Waals surface area contributed by atoms with Crippen LogP contribution in [0.1, 0.15) is 32.1 Å². The first-order valence-electron chi connectivity index (χ1n) is 6.57. The fourth-order valence-electron chi connectivity index (χ4n) is 1.72. The van der Waals surface area contributed by atoms with Crippen LogP contribution in [-0.2, 0) is 5.41 Å². The highest BCUT2D eigenvalue weighted by molar-refractivity contribution is 9.10. The van der Waals surface area contributed by atoms with E-state index in [-0.39, 0.29) is 11.4 Å². The number of hydrogen-bond donors (Lipinski definition) is 2. The highest BCUT2D eigenvalue weighted by Gasteiger charge is 2.20. The number of amides is 2. The van der Waals surface area contributed by atoms with Crippen molar-refractivity contribution in [2.75, 3.05) is 10.6 Å². The molecule has 2 rings (SSSR count). The number of carbonyl (C=O) groups is 1. The van der Waals surface area contributed by atoms with Crippen LogP contribution < -0.4 is 10.6 Å². The van der Waals surface area contributed by atoms with E-state index in [0.717, 1.165) is 21.5 Å². The van der Waals surface area contributed by atoms with Gasteiger partial charge >= 0.3 is 6.03 Å². The third-order valence-corrected chi connectivity index (χ3v) is 3.42. The van der Waals surface area contributed by atoms with Crippen molar-refractivity contribution in [3.63, 3.8) is 0 Å². The lowest BCUT2D eigenvalue weighted by Crippen LogP contribution is -2.20. The molecule has 0 bridgehead atoms. The second-order valence-electron chi connectivity index (χ2n) is 5.86. The molecular weight excluding hydrogens is 334 g/mol. The van der Waals surface area contributed by atoms with Crippen LogP contribution in [0.15, 0.2) is 33.3 Å². The molecule has 2 amide bonds. The highest BCUT2D eigenvalue weighted by Crippen LogP contribution is 2.24. The number of benzene rings is 1. The lowest BCUT2D eigenvalue weighted by molar-refractivity contribution is 0.262. The van der Waals surface area contributed by atoms with Gasteiger partial charge in [-0.05, 0) is 30.7 Å². The molecule has 112 valence electrons. The van der Waals surface area contributed by atoms with Gasteiger partial charge in [0.2, 0.25) is 0 Å². The van der Waals surface area contributed by atoms with E-state index in [9.17, 15) is 4.79 Å². The van der Waals surface area contributed by atoms with E-state index in [1.54, 1.807) is 6.07 Å². The smallest absolute Gasteiger partial charge is 0.324 e. The molecule has 0 aliphatic heterocycles. The summed E-state index contributed by atoms with van der Waals surface area (Å²) in [6.45, 7) is 7.97. The molecule has 2 N–H and O–H groups in total. The molecule has 1 aromatic carbocycles. The number of hydrogen-bond acceptors (Lipinski definition) is 3. The Morgan fingerprint density at radius 1 is 1.24 bits per heavy atom. The summed E-state index contributed by atoms with van der Waals surface area (Å²) < 4.78 is 6.19. The zero-order chi connectivity index (χ0) is 15.6. The molecule has 0 spiro atoms. The van der Waals surface area contributed by atoms with Gasteiger partial charge in [0, 0.05) is 21.6 Å². The lowest BCUT2D eigenvalue weighted by atomic mass is 9.93. The van der Waals surface area contributed by atoms with E-state index in [1.165, 1.54) is 0 Å². The summed E-state index contributed by atoms with van der Waals surface area (Å²) >= 11 is 3.39. The van der Waals surface area contributed by atoms with Crippen LogP contribution in [0, 0.1) is 6.92 Å². The minimum atomic E-state index is -0.353. The first-order valence-corrected chi connectivity index (χ1v) is 7.36. The molecule has 6 heteroatoms. The van der Waals surface area contributed by atoms with Crippen molar-refractivity contribution in [1.82, 2.24) is 5.16 Å². The predicted molar refractivity (Wildman–Crippen MR) is 86.7 cm³/mol. The monoisotopic (exact) mass is 351 g/mol. The van der Waals surface area contributed by atoms with Gasteiger partial charge in [-0.3, -0.25) is 5.32 Å². The number of rotatable bonds is 2. The molecule has 5 nitrogen and oxygen atoms in total. The number of carbonyl (C=O) groups excluding carboxylic acids is 1. The van der Waals surface area contributed by atoms with Crippen LogP contribution in [0.4, 0.5) is 16.3 Å². The SMILES string of the molecule is Cc1cc(Br)ccc1NC(=O)Nc1cc(C(C)(C)C)on1. The normalized spacial score (nSPS) is 11.3. The summed E-state index contributed by atoms with van der Waals surface area (Å²) in [5, 5.41) is 9.29. The number of aryl methyl sites for hydroxylation is 1. The van der Waals surface area contributed by atoms with Crippen LogP contribution in [0.5, 0.6) is 0 Å². The average Bonchev–Trinajstić information content (AvgIpc) is 2.81. The summed E-state index contributed by atoms with van der Waals surface area (Å²) in [5.74, 6) is 1.12. The van der Waals surface area contributed by atoms with Gasteiger partial charge in [-0.25, -0.2) is 4.79 Å². The Labute approximate surface area is 132 Å². The molecule has 0 fully saturated rings. The zero-order valence-electron chi connectivity index (χ0n) is 12.5. The van der Waals surface area contributed by atoms with E-state index in [2.05, 4.69) is 31.7 Å². The Bertz CT molecular complexity index is 659. The predicted octanol–water partition coefficient (Wildman–Crippen LogP) is 4.69. The van der Waals surface area contributed by atoms with Crippen molar-refractivity contribution in [2.24, 2.45) is 0 Å². The van der Waals surface area contributed by atoms with Gasteiger partial charge < -0.3 is 9.84 Å². The second-order valence-corrected chi connectivity index (χ2v) is 6.78. The van der Waals surface area contributed by atoms with Gasteiger partial charge in [-0.2, -0.15) is 0 Å². The first-order chi connectivity index (χ1) is 9.75.